The smallest absolute Gasteiger partial charge is 0.287 e. The summed E-state index contributed by atoms with van der Waals surface area (Å²) in [5.41, 5.74) is 0. The Bertz CT molecular complexity index is 474. The summed E-state index contributed by atoms with van der Waals surface area (Å²) in [7, 11) is 1.84. The predicted octanol–water partition coefficient (Wildman–Crippen LogP) is 0.793. The first kappa shape index (κ1) is 14.5. The molecule has 21 heavy (non-hydrogen) atoms. The van der Waals surface area contributed by atoms with E-state index in [9.17, 15) is 4.79 Å². The Kier molecular flexibility index (Phi) is 4.55. The Morgan fingerprint density at radius 1 is 1.29 bits per heavy atom. The number of rotatable bonds is 3. The molecule has 0 atom stereocenters. The van der Waals surface area contributed by atoms with Crippen molar-refractivity contribution >= 4 is 5.91 Å². The van der Waals surface area contributed by atoms with Gasteiger partial charge in [0.15, 0.2) is 5.82 Å². The van der Waals surface area contributed by atoms with Crippen molar-refractivity contribution in [1.29, 1.82) is 0 Å². The molecule has 2 aliphatic heterocycles. The molecular weight excluding hydrogens is 268 g/mol. The molecular formula is C15H24N4O2. The monoisotopic (exact) mass is 292 g/mol. The van der Waals surface area contributed by atoms with Gasteiger partial charge in [-0.05, 0) is 25.7 Å². The van der Waals surface area contributed by atoms with Gasteiger partial charge in [0, 0.05) is 57.8 Å². The molecule has 1 aromatic heterocycles. The molecule has 2 aliphatic rings. The molecule has 0 bridgehead atoms. The number of nitrogens with zero attached hydrogens (tertiary/aromatic N) is 3. The van der Waals surface area contributed by atoms with Crippen molar-refractivity contribution in [1.82, 2.24) is 19.8 Å². The van der Waals surface area contributed by atoms with E-state index in [1.165, 1.54) is 0 Å². The fraction of sp³-hybridized carbons (Fsp3) is 0.733. The van der Waals surface area contributed by atoms with Gasteiger partial charge in [0.05, 0.1) is 0 Å². The van der Waals surface area contributed by atoms with E-state index in [4.69, 9.17) is 4.74 Å². The largest absolute Gasteiger partial charge is 0.381 e. The Hall–Kier alpha value is -1.40. The van der Waals surface area contributed by atoms with Crippen LogP contribution in [0.2, 0.25) is 0 Å². The number of carbonyl (C=O) groups excluding carboxylic acids is 1. The number of aromatic nitrogens is 2. The van der Waals surface area contributed by atoms with Crippen LogP contribution < -0.4 is 5.32 Å². The van der Waals surface area contributed by atoms with E-state index in [0.29, 0.717) is 11.9 Å². The van der Waals surface area contributed by atoms with Gasteiger partial charge < -0.3 is 19.5 Å². The van der Waals surface area contributed by atoms with Gasteiger partial charge >= 0.3 is 0 Å². The van der Waals surface area contributed by atoms with E-state index in [2.05, 4.69) is 15.2 Å². The van der Waals surface area contributed by atoms with Gasteiger partial charge in [-0.2, -0.15) is 0 Å². The minimum absolute atomic E-state index is 0.0629. The number of likely N-dealkylation sites (tertiary alicyclic amines) is 1. The molecule has 2 saturated heterocycles. The average Bonchev–Trinajstić information content (AvgIpc) is 2.95. The quantitative estimate of drug-likeness (QED) is 0.895. The van der Waals surface area contributed by atoms with Crippen LogP contribution in [0.5, 0.6) is 0 Å². The topological polar surface area (TPSA) is 59.4 Å². The zero-order chi connectivity index (χ0) is 14.7. The van der Waals surface area contributed by atoms with Gasteiger partial charge in [0.25, 0.3) is 5.91 Å². The van der Waals surface area contributed by atoms with Crippen LogP contribution in [0.4, 0.5) is 0 Å². The average molecular weight is 292 g/mol. The number of hydrogen-bond donors (Lipinski definition) is 1. The van der Waals surface area contributed by atoms with E-state index in [-0.39, 0.29) is 11.9 Å². The summed E-state index contributed by atoms with van der Waals surface area (Å²) in [6.07, 6.45) is 7.78. The normalized spacial score (nSPS) is 22.3. The molecule has 6 heteroatoms. The first-order valence-corrected chi connectivity index (χ1v) is 7.84. The second-order valence-electron chi connectivity index (χ2n) is 5.99. The maximum atomic E-state index is 12.2. The van der Waals surface area contributed by atoms with Gasteiger partial charge in [0.2, 0.25) is 0 Å². The zero-order valence-electron chi connectivity index (χ0n) is 12.6. The summed E-state index contributed by atoms with van der Waals surface area (Å²) in [6.45, 7) is 3.91. The number of aryl methyl sites for hydroxylation is 1. The van der Waals surface area contributed by atoms with Crippen molar-refractivity contribution in [2.45, 2.75) is 37.8 Å². The molecule has 0 spiro atoms. The Balaban J connectivity index is 1.47. The summed E-state index contributed by atoms with van der Waals surface area (Å²) in [6, 6.07) is 0.940. The van der Waals surface area contributed by atoms with Gasteiger partial charge in [0.1, 0.15) is 0 Å². The van der Waals surface area contributed by atoms with Crippen molar-refractivity contribution in [3.05, 3.63) is 18.2 Å². The molecule has 116 valence electrons. The molecule has 6 nitrogen and oxygen atoms in total. The second kappa shape index (κ2) is 6.58. The number of imidazole rings is 1. The van der Waals surface area contributed by atoms with Crippen molar-refractivity contribution in [2.75, 3.05) is 26.3 Å². The minimum atomic E-state index is -0.0629. The molecule has 0 aromatic carbocycles. The second-order valence-corrected chi connectivity index (χ2v) is 5.99. The van der Waals surface area contributed by atoms with Crippen LogP contribution >= 0.6 is 0 Å². The fourth-order valence-corrected chi connectivity index (χ4v) is 3.29. The lowest BCUT2D eigenvalue weighted by molar-refractivity contribution is 0.0238. The summed E-state index contributed by atoms with van der Waals surface area (Å²) in [5, 5.41) is 3.11. The number of carbonyl (C=O) groups is 1. The van der Waals surface area contributed by atoms with E-state index in [1.807, 2.05) is 7.05 Å². The maximum Gasteiger partial charge on any atom is 0.287 e. The minimum Gasteiger partial charge on any atom is -0.381 e. The summed E-state index contributed by atoms with van der Waals surface area (Å²) < 4.78 is 7.18. The van der Waals surface area contributed by atoms with Gasteiger partial charge in [-0.3, -0.25) is 4.79 Å². The summed E-state index contributed by atoms with van der Waals surface area (Å²) in [4.78, 5) is 18.8. The number of amides is 1. The van der Waals surface area contributed by atoms with Crippen LogP contribution in [-0.4, -0.2) is 58.7 Å². The highest BCUT2D eigenvalue weighted by molar-refractivity contribution is 5.90. The SMILES string of the molecule is Cn1ccnc1C(=O)NC1CCN(C2CCOCC2)CC1. The highest BCUT2D eigenvalue weighted by Gasteiger charge is 2.27. The van der Waals surface area contributed by atoms with Gasteiger partial charge in [-0.25, -0.2) is 4.98 Å². The predicted molar refractivity (Wildman–Crippen MR) is 79.1 cm³/mol. The van der Waals surface area contributed by atoms with Crippen LogP contribution in [0.3, 0.4) is 0 Å². The van der Waals surface area contributed by atoms with Crippen LogP contribution in [-0.2, 0) is 11.8 Å². The number of ether oxygens (including phenoxy) is 1. The molecule has 0 unspecified atom stereocenters. The van der Waals surface area contributed by atoms with Crippen molar-refractivity contribution in [3.63, 3.8) is 0 Å². The molecule has 3 heterocycles. The molecule has 1 N–H and O–H groups in total. The number of piperidine rings is 1. The lowest BCUT2D eigenvalue weighted by atomic mass is 9.99. The Labute approximate surface area is 125 Å². The van der Waals surface area contributed by atoms with Crippen molar-refractivity contribution < 1.29 is 9.53 Å². The van der Waals surface area contributed by atoms with Crippen LogP contribution in [0.15, 0.2) is 12.4 Å². The van der Waals surface area contributed by atoms with E-state index in [0.717, 1.165) is 52.0 Å². The zero-order valence-corrected chi connectivity index (χ0v) is 12.6. The first-order valence-electron chi connectivity index (χ1n) is 7.84. The third-order valence-corrected chi connectivity index (χ3v) is 4.60. The van der Waals surface area contributed by atoms with Gasteiger partial charge in [-0.1, -0.05) is 0 Å². The fourth-order valence-electron chi connectivity index (χ4n) is 3.29. The highest BCUT2D eigenvalue weighted by Crippen LogP contribution is 2.20. The summed E-state index contributed by atoms with van der Waals surface area (Å²) >= 11 is 0. The third-order valence-electron chi connectivity index (χ3n) is 4.60. The van der Waals surface area contributed by atoms with Crippen molar-refractivity contribution in [2.24, 2.45) is 7.05 Å². The third kappa shape index (κ3) is 3.44. The summed E-state index contributed by atoms with van der Waals surface area (Å²) in [5.74, 6) is 0.425. The molecule has 1 aromatic rings. The highest BCUT2D eigenvalue weighted by atomic mass is 16.5. The van der Waals surface area contributed by atoms with Crippen LogP contribution in [0.1, 0.15) is 36.3 Å². The maximum absolute atomic E-state index is 12.2. The lowest BCUT2D eigenvalue weighted by Gasteiger charge is -2.39. The standard InChI is InChI=1S/C15H24N4O2/c1-18-9-6-16-14(18)15(20)17-12-2-7-19(8-3-12)13-4-10-21-11-5-13/h6,9,12-13H,2-5,7-8,10-11H2,1H3,(H,17,20). The molecule has 0 aliphatic carbocycles. The molecule has 0 radical (unpaired) electrons. The Morgan fingerprint density at radius 2 is 2.00 bits per heavy atom. The van der Waals surface area contributed by atoms with Gasteiger partial charge in [-0.15, -0.1) is 0 Å². The van der Waals surface area contributed by atoms with Crippen LogP contribution in [0, 0.1) is 0 Å². The van der Waals surface area contributed by atoms with Crippen molar-refractivity contribution in [3.8, 4) is 0 Å². The Morgan fingerprint density at radius 3 is 2.62 bits per heavy atom. The molecule has 2 fully saturated rings. The first-order chi connectivity index (χ1) is 10.2. The number of nitrogens with one attached hydrogen (secondary N) is 1. The van der Waals surface area contributed by atoms with E-state index in [1.54, 1.807) is 17.0 Å². The number of hydrogen-bond acceptors (Lipinski definition) is 4. The lowest BCUT2D eigenvalue weighted by Crippen LogP contribution is -2.49. The molecule has 3 rings (SSSR count). The molecule has 0 saturated carbocycles. The van der Waals surface area contributed by atoms with Crippen LogP contribution in [0.25, 0.3) is 0 Å². The van der Waals surface area contributed by atoms with E-state index < -0.39 is 0 Å². The van der Waals surface area contributed by atoms with E-state index >= 15 is 0 Å². The molecule has 1 amide bonds.